The van der Waals surface area contributed by atoms with Crippen molar-refractivity contribution in [3.05, 3.63) is 237 Å². The molecule has 0 bridgehead atoms. The van der Waals surface area contributed by atoms with Gasteiger partial charge in [-0.3, -0.25) is 34.9 Å². The molecule has 0 spiro atoms. The van der Waals surface area contributed by atoms with Gasteiger partial charge in [0, 0.05) is 164 Å². The van der Waals surface area contributed by atoms with E-state index < -0.39 is 19.7 Å². The van der Waals surface area contributed by atoms with E-state index in [1.165, 1.54) is 54.0 Å². The van der Waals surface area contributed by atoms with Crippen LogP contribution in [0.1, 0.15) is 5.56 Å². The average Bonchev–Trinajstić information content (AvgIpc) is 1.18. The number of aryl methyl sites for hydroxylation is 3. The van der Waals surface area contributed by atoms with Crippen LogP contribution in [0.15, 0.2) is 236 Å². The van der Waals surface area contributed by atoms with E-state index in [-0.39, 0.29) is 9.79 Å². The Bertz CT molecular complexity index is 5490. The van der Waals surface area contributed by atoms with Gasteiger partial charge in [-0.15, -0.1) is 0 Å². The van der Waals surface area contributed by atoms with Gasteiger partial charge in [0.25, 0.3) is 0 Å². The summed E-state index contributed by atoms with van der Waals surface area (Å²) in [6.07, 6.45) is 25.1. The van der Waals surface area contributed by atoms with Gasteiger partial charge in [0.2, 0.25) is 0 Å². The molecule has 0 saturated heterocycles. The Labute approximate surface area is 522 Å². The molecule has 0 radical (unpaired) electrons. The molecule has 444 valence electrons. The average molecular weight is 1240 g/mol. The Balaban J connectivity index is 0.000000129. The third kappa shape index (κ3) is 12.1. The number of sulfone groups is 2. The molecule has 21 heteroatoms. The van der Waals surface area contributed by atoms with E-state index in [1.807, 2.05) is 80.9 Å². The standard InChI is InChI=1S/C29H24N6O2S.C23H19N5O2S.C17H12ClN3/c1-34-13-8-21-5-6-22(14-27(21)34)25-15-23(16-26-29(25)33-12-11-31-26)35(19-20-4-3-9-30-18-20)28-17-24(7-10-32-28)38(2,36)37;1-28-10-6-15-3-4-16(11-21(15)28)19-12-17(13-20-23(19)26-9-8-24-20)27-22-14-18(5-7-25-22)31(2,29)30;1-21-7-4-11-2-3-12(8-16(11)21)14-9-13(18)10-15-17(14)20-6-5-19-15/h3-18H,19H2,1-2H3;3-14H,1-2H3,(H,25,27);2-10H,1H3. The first-order chi connectivity index (χ1) is 43.5. The summed E-state index contributed by atoms with van der Waals surface area (Å²) in [5.74, 6) is 0.943. The quantitative estimate of drug-likeness (QED) is 0.127. The van der Waals surface area contributed by atoms with Crippen molar-refractivity contribution < 1.29 is 16.8 Å². The second-order valence-corrected chi connectivity index (χ2v) is 26.2. The smallest absolute Gasteiger partial charge is 0.175 e. The summed E-state index contributed by atoms with van der Waals surface area (Å²) in [6, 6.07) is 46.9. The van der Waals surface area contributed by atoms with Gasteiger partial charge in [-0.2, -0.15) is 0 Å². The van der Waals surface area contributed by atoms with E-state index in [9.17, 15) is 16.8 Å². The number of aromatic nitrogens is 12. The summed E-state index contributed by atoms with van der Waals surface area (Å²) in [5, 5.41) is 7.43. The van der Waals surface area contributed by atoms with Crippen molar-refractivity contribution in [2.45, 2.75) is 16.3 Å². The lowest BCUT2D eigenvalue weighted by atomic mass is 10.0. The van der Waals surface area contributed by atoms with Crippen molar-refractivity contribution in [1.29, 1.82) is 0 Å². The Kier molecular flexibility index (Phi) is 15.6. The predicted molar refractivity (Wildman–Crippen MR) is 357 cm³/mol. The second kappa shape index (κ2) is 24.1. The summed E-state index contributed by atoms with van der Waals surface area (Å²) in [4.78, 5) is 42.6. The summed E-state index contributed by atoms with van der Waals surface area (Å²) < 4.78 is 54.8. The molecule has 9 aromatic heterocycles. The molecule has 15 aromatic rings. The summed E-state index contributed by atoms with van der Waals surface area (Å²) in [5.41, 5.74) is 16.6. The number of nitrogens with zero attached hydrogens (tertiary/aromatic N) is 13. The van der Waals surface area contributed by atoms with Crippen LogP contribution in [0.25, 0.3) is 99.2 Å². The van der Waals surface area contributed by atoms with Crippen LogP contribution in [0.3, 0.4) is 0 Å². The van der Waals surface area contributed by atoms with Crippen LogP contribution in [0.5, 0.6) is 0 Å². The molecule has 0 aliphatic carbocycles. The summed E-state index contributed by atoms with van der Waals surface area (Å²) in [7, 11) is -0.666. The Morgan fingerprint density at radius 2 is 0.933 bits per heavy atom. The minimum absolute atomic E-state index is 0.202. The zero-order valence-corrected chi connectivity index (χ0v) is 51.6. The largest absolute Gasteiger partial charge is 0.351 e. The lowest BCUT2D eigenvalue weighted by Crippen LogP contribution is -2.18. The van der Waals surface area contributed by atoms with Crippen molar-refractivity contribution in [1.82, 2.24) is 58.6 Å². The number of hydrogen-bond acceptors (Lipinski definition) is 15. The monoisotopic (exact) mass is 1240 g/mol. The normalized spacial score (nSPS) is 11.7. The van der Waals surface area contributed by atoms with Crippen LogP contribution in [0, 0.1) is 0 Å². The molecule has 0 amide bonds. The first-order valence-electron chi connectivity index (χ1n) is 28.3. The van der Waals surface area contributed by atoms with Crippen molar-refractivity contribution in [2.24, 2.45) is 21.1 Å². The number of rotatable bonds is 11. The molecule has 9 heterocycles. The number of pyridine rings is 3. The first kappa shape index (κ1) is 58.2. The number of anilines is 4. The van der Waals surface area contributed by atoms with Gasteiger partial charge in [-0.1, -0.05) is 54.1 Å². The van der Waals surface area contributed by atoms with E-state index in [1.54, 1.807) is 55.6 Å². The minimum atomic E-state index is -3.42. The highest BCUT2D eigenvalue weighted by Gasteiger charge is 2.20. The minimum Gasteiger partial charge on any atom is -0.351 e. The zero-order valence-electron chi connectivity index (χ0n) is 49.2. The molecule has 0 unspecified atom stereocenters. The maximum atomic E-state index is 12.4. The number of benzene rings is 6. The topological polar surface area (TPSA) is 214 Å². The Morgan fingerprint density at radius 1 is 0.456 bits per heavy atom. The first-order valence-corrected chi connectivity index (χ1v) is 32.5. The van der Waals surface area contributed by atoms with Crippen molar-refractivity contribution in [3.63, 3.8) is 0 Å². The van der Waals surface area contributed by atoms with Crippen molar-refractivity contribution >= 4 is 120 Å². The number of halogens is 1. The zero-order chi connectivity index (χ0) is 62.3. The van der Waals surface area contributed by atoms with Gasteiger partial charge in [-0.25, -0.2) is 26.8 Å². The number of hydrogen-bond donors (Lipinski definition) is 1. The van der Waals surface area contributed by atoms with Crippen molar-refractivity contribution in [2.75, 3.05) is 22.7 Å². The van der Waals surface area contributed by atoms with Crippen LogP contribution >= 0.6 is 11.6 Å². The highest BCUT2D eigenvalue weighted by Crippen LogP contribution is 2.38. The third-order valence-electron chi connectivity index (χ3n) is 15.5. The predicted octanol–water partition coefficient (Wildman–Crippen LogP) is 14.1. The highest BCUT2D eigenvalue weighted by atomic mass is 35.5. The Hall–Kier alpha value is -10.8. The van der Waals surface area contributed by atoms with Gasteiger partial charge in [0.15, 0.2) is 19.7 Å². The van der Waals surface area contributed by atoms with Crippen LogP contribution in [0.4, 0.5) is 23.0 Å². The van der Waals surface area contributed by atoms with Crippen LogP contribution in [-0.4, -0.2) is 87.9 Å². The molecule has 0 atom stereocenters. The number of fused-ring (bicyclic) bond motifs is 6. The summed E-state index contributed by atoms with van der Waals surface area (Å²) >= 11 is 6.23. The number of nitrogens with one attached hydrogen (secondary N) is 1. The van der Waals surface area contributed by atoms with Gasteiger partial charge in [0.05, 0.1) is 49.4 Å². The maximum Gasteiger partial charge on any atom is 0.175 e. The third-order valence-corrected chi connectivity index (χ3v) is 17.9. The van der Waals surface area contributed by atoms with Gasteiger partial charge >= 0.3 is 0 Å². The molecular weight excluding hydrogens is 1190 g/mol. The maximum absolute atomic E-state index is 12.4. The van der Waals surface area contributed by atoms with E-state index >= 15 is 0 Å². The molecule has 6 aromatic carbocycles. The lowest BCUT2D eigenvalue weighted by Gasteiger charge is -2.25. The molecular formula is C69H55ClN14O4S2. The molecule has 0 fully saturated rings. The van der Waals surface area contributed by atoms with Gasteiger partial charge in [-0.05, 0) is 142 Å². The fraction of sp³-hybridized carbons (Fsp3) is 0.0870. The molecule has 0 aliphatic heterocycles. The van der Waals surface area contributed by atoms with Crippen molar-refractivity contribution in [3.8, 4) is 33.4 Å². The molecule has 0 saturated carbocycles. The van der Waals surface area contributed by atoms with E-state index in [0.717, 1.165) is 105 Å². The van der Waals surface area contributed by atoms with Crippen LogP contribution in [-0.2, 0) is 47.4 Å². The van der Waals surface area contributed by atoms with Gasteiger partial charge < -0.3 is 23.9 Å². The fourth-order valence-corrected chi connectivity index (χ4v) is 12.4. The molecule has 15 rings (SSSR count). The van der Waals surface area contributed by atoms with Crippen LogP contribution in [0.2, 0.25) is 5.02 Å². The van der Waals surface area contributed by atoms with Gasteiger partial charge in [0.1, 0.15) is 11.6 Å². The molecule has 0 aliphatic rings. The second-order valence-electron chi connectivity index (χ2n) is 21.7. The van der Waals surface area contributed by atoms with E-state index in [0.29, 0.717) is 23.2 Å². The van der Waals surface area contributed by atoms with E-state index in [2.05, 4.69) is 149 Å². The SMILES string of the molecule is Cn1ccc2ccc(-c3cc(Cl)cc4nccnc34)cc21.Cn1ccc2ccc(-c3cc(N(Cc4cccnc4)c4cc(S(C)(=O)=O)ccn4)cc4nccnc34)cc21.Cn1ccc2ccc(-c3cc(Nc4cc(S(C)(=O)=O)ccn4)cc4nccnc34)cc21. The lowest BCUT2D eigenvalue weighted by molar-refractivity contribution is 0.600. The molecule has 18 nitrogen and oxygen atoms in total. The van der Waals surface area contributed by atoms with E-state index in [4.69, 9.17) is 11.6 Å². The summed E-state index contributed by atoms with van der Waals surface area (Å²) in [6.45, 7) is 0.427. The molecule has 1 N–H and O–H groups in total. The fourth-order valence-electron chi connectivity index (χ4n) is 11.0. The van der Waals surface area contributed by atoms with Crippen LogP contribution < -0.4 is 10.2 Å². The highest BCUT2D eigenvalue weighted by molar-refractivity contribution is 7.91. The Morgan fingerprint density at radius 3 is 1.46 bits per heavy atom. The molecule has 90 heavy (non-hydrogen) atoms.